The van der Waals surface area contributed by atoms with Crippen LogP contribution in [-0.2, 0) is 27.2 Å². The molecular formula is C22H39AgN2O2S3. The monoisotopic (exact) mass is 566 g/mol. The molecule has 0 saturated carbocycles. The number of carbonyl (C=O) groups excluding carboxylic acids is 1. The first kappa shape index (κ1) is 30.5. The normalized spacial score (nSPS) is 10.8. The van der Waals surface area contributed by atoms with Gasteiger partial charge < -0.3 is 9.90 Å². The van der Waals surface area contributed by atoms with Crippen molar-refractivity contribution in [1.29, 1.82) is 0 Å². The molecule has 1 aromatic rings. The minimum Gasteiger partial charge on any atom is -0.549 e. The molecule has 1 rings (SSSR count). The van der Waals surface area contributed by atoms with Gasteiger partial charge in [-0.25, -0.2) is 0 Å². The Morgan fingerprint density at radius 2 is 1.13 bits per heavy atom. The molecule has 0 aliphatic heterocycles. The van der Waals surface area contributed by atoms with Crippen LogP contribution >= 0.6 is 34.9 Å². The zero-order valence-corrected chi connectivity index (χ0v) is 22.4. The van der Waals surface area contributed by atoms with Gasteiger partial charge in [-0.3, -0.25) is 0 Å². The van der Waals surface area contributed by atoms with Crippen LogP contribution in [0.25, 0.3) is 0 Å². The molecule has 4 nitrogen and oxygen atoms in total. The molecule has 0 aliphatic rings. The van der Waals surface area contributed by atoms with Gasteiger partial charge in [0.2, 0.25) is 0 Å². The van der Waals surface area contributed by atoms with Crippen LogP contribution in [0, 0.1) is 0 Å². The van der Waals surface area contributed by atoms with E-state index in [-0.39, 0.29) is 28.1 Å². The second-order valence-electron chi connectivity index (χ2n) is 7.65. The Kier molecular flexibility index (Phi) is 23.0. The molecule has 0 bridgehead atoms. The Hall–Kier alpha value is 0.470. The molecule has 1 heterocycles. The SMILES string of the molecule is CCCCCCCCCCCCCCCCCCSc1nnc(SCC(=O)[O-])s1.[Ag+]. The maximum atomic E-state index is 10.4. The number of carbonyl (C=O) groups is 1. The zero-order valence-electron chi connectivity index (χ0n) is 18.5. The van der Waals surface area contributed by atoms with Crippen molar-refractivity contribution >= 4 is 40.8 Å². The Morgan fingerprint density at radius 3 is 1.57 bits per heavy atom. The molecule has 30 heavy (non-hydrogen) atoms. The van der Waals surface area contributed by atoms with E-state index in [1.54, 1.807) is 11.8 Å². The third kappa shape index (κ3) is 19.2. The molecule has 0 aliphatic carbocycles. The van der Waals surface area contributed by atoms with E-state index in [9.17, 15) is 9.90 Å². The van der Waals surface area contributed by atoms with Crippen molar-refractivity contribution in [3.8, 4) is 0 Å². The molecule has 0 amide bonds. The number of hydrogen-bond acceptors (Lipinski definition) is 7. The summed E-state index contributed by atoms with van der Waals surface area (Å²) in [4.78, 5) is 10.4. The smallest absolute Gasteiger partial charge is 0.549 e. The van der Waals surface area contributed by atoms with E-state index in [1.807, 2.05) is 0 Å². The number of rotatable bonds is 21. The summed E-state index contributed by atoms with van der Waals surface area (Å²) in [6.07, 6.45) is 22.2. The van der Waals surface area contributed by atoms with E-state index in [2.05, 4.69) is 17.1 Å². The molecule has 0 fully saturated rings. The van der Waals surface area contributed by atoms with Gasteiger partial charge in [0.15, 0.2) is 8.68 Å². The number of aliphatic carboxylic acids is 1. The Labute approximate surface area is 212 Å². The van der Waals surface area contributed by atoms with Crippen LogP contribution in [0.15, 0.2) is 8.68 Å². The van der Waals surface area contributed by atoms with Gasteiger partial charge in [-0.15, -0.1) is 10.2 Å². The molecule has 0 aromatic carbocycles. The van der Waals surface area contributed by atoms with Gasteiger partial charge in [-0.05, 0) is 6.42 Å². The number of thioether (sulfide) groups is 2. The van der Waals surface area contributed by atoms with E-state index in [0.29, 0.717) is 4.34 Å². The number of nitrogens with zero attached hydrogens (tertiary/aromatic N) is 2. The number of hydrogen-bond donors (Lipinski definition) is 0. The molecule has 0 atom stereocenters. The zero-order chi connectivity index (χ0) is 21.0. The van der Waals surface area contributed by atoms with Gasteiger partial charge in [-0.2, -0.15) is 0 Å². The fraction of sp³-hybridized carbons (Fsp3) is 0.864. The van der Waals surface area contributed by atoms with Crippen molar-refractivity contribution < 1.29 is 32.3 Å². The second kappa shape index (κ2) is 22.7. The first-order valence-electron chi connectivity index (χ1n) is 11.5. The Morgan fingerprint density at radius 1 is 0.733 bits per heavy atom. The summed E-state index contributed by atoms with van der Waals surface area (Å²) in [5.74, 6) is -0.0519. The predicted octanol–water partition coefficient (Wildman–Crippen LogP) is 6.73. The van der Waals surface area contributed by atoms with E-state index in [4.69, 9.17) is 0 Å². The van der Waals surface area contributed by atoms with Gasteiger partial charge in [0.1, 0.15) is 0 Å². The van der Waals surface area contributed by atoms with Crippen LogP contribution in [0.2, 0.25) is 0 Å². The van der Waals surface area contributed by atoms with Crippen LogP contribution < -0.4 is 5.11 Å². The Bertz CT molecular complexity index is 518. The molecule has 8 heteroatoms. The topological polar surface area (TPSA) is 65.9 Å². The van der Waals surface area contributed by atoms with Gasteiger partial charge in [-0.1, -0.05) is 138 Å². The van der Waals surface area contributed by atoms with Gasteiger partial charge in [0.05, 0.1) is 5.97 Å². The molecule has 0 spiro atoms. The van der Waals surface area contributed by atoms with Crippen LogP contribution in [0.1, 0.15) is 110 Å². The molecule has 0 N–H and O–H groups in total. The van der Waals surface area contributed by atoms with E-state index >= 15 is 0 Å². The van der Waals surface area contributed by atoms with Crippen LogP contribution in [0.5, 0.6) is 0 Å². The predicted molar refractivity (Wildman–Crippen MR) is 126 cm³/mol. The van der Waals surface area contributed by atoms with Gasteiger partial charge in [0, 0.05) is 11.5 Å². The van der Waals surface area contributed by atoms with E-state index in [0.717, 1.165) is 10.1 Å². The average Bonchev–Trinajstić information content (AvgIpc) is 3.16. The van der Waals surface area contributed by atoms with E-state index < -0.39 is 5.97 Å². The first-order valence-corrected chi connectivity index (χ1v) is 14.3. The molecule has 0 unspecified atom stereocenters. The third-order valence-electron chi connectivity index (χ3n) is 4.92. The summed E-state index contributed by atoms with van der Waals surface area (Å²) in [7, 11) is 0. The minimum atomic E-state index is -1.06. The number of unbranched alkanes of at least 4 members (excludes halogenated alkanes) is 15. The quantitative estimate of drug-likeness (QED) is 0.0932. The van der Waals surface area contributed by atoms with Crippen LogP contribution in [0.4, 0.5) is 0 Å². The average molecular weight is 568 g/mol. The summed E-state index contributed by atoms with van der Waals surface area (Å²) in [6, 6.07) is 0. The number of carboxylic acid groups (broad SMARTS) is 1. The second-order valence-corrected chi connectivity index (χ2v) is 11.2. The first-order chi connectivity index (χ1) is 14.2. The summed E-state index contributed by atoms with van der Waals surface area (Å²) in [6.45, 7) is 2.28. The summed E-state index contributed by atoms with van der Waals surface area (Å²) >= 11 is 4.39. The van der Waals surface area contributed by atoms with Crippen molar-refractivity contribution in [2.75, 3.05) is 11.5 Å². The van der Waals surface area contributed by atoms with Crippen LogP contribution in [0.3, 0.4) is 0 Å². The maximum Gasteiger partial charge on any atom is 1.00 e. The maximum absolute atomic E-state index is 10.4. The fourth-order valence-electron chi connectivity index (χ4n) is 3.24. The standard InChI is InChI=1S/C22H40N2O2S3.Ag/c1-2-3-4-5-6-7-8-9-10-11-12-13-14-15-16-17-18-27-21-23-24-22(29-21)28-19-20(25)26;/h2-19H2,1H3,(H,25,26);/q;+1/p-1. The van der Waals surface area contributed by atoms with Crippen molar-refractivity contribution in [3.05, 3.63) is 0 Å². The third-order valence-corrected chi connectivity index (χ3v) is 8.17. The molecule has 1 aromatic heterocycles. The Balaban J connectivity index is 0.00000841. The number of carboxylic acids is 1. The molecular weight excluding hydrogens is 528 g/mol. The summed E-state index contributed by atoms with van der Waals surface area (Å²) in [5.41, 5.74) is 0. The number of aromatic nitrogens is 2. The summed E-state index contributed by atoms with van der Waals surface area (Å²) in [5, 5.41) is 18.5. The largest absolute Gasteiger partial charge is 1.00 e. The van der Waals surface area contributed by atoms with Crippen molar-refractivity contribution in [1.82, 2.24) is 10.2 Å². The van der Waals surface area contributed by atoms with Crippen molar-refractivity contribution in [2.45, 2.75) is 118 Å². The minimum absolute atomic E-state index is 0. The summed E-state index contributed by atoms with van der Waals surface area (Å²) < 4.78 is 1.65. The molecule has 0 radical (unpaired) electrons. The van der Waals surface area contributed by atoms with Gasteiger partial charge >= 0.3 is 22.4 Å². The van der Waals surface area contributed by atoms with Crippen molar-refractivity contribution in [2.24, 2.45) is 0 Å². The molecule has 0 saturated heterocycles. The van der Waals surface area contributed by atoms with Crippen molar-refractivity contribution in [3.63, 3.8) is 0 Å². The van der Waals surface area contributed by atoms with E-state index in [1.165, 1.54) is 126 Å². The molecule has 178 valence electrons. The van der Waals surface area contributed by atoms with Gasteiger partial charge in [0.25, 0.3) is 0 Å². The fourth-order valence-corrected chi connectivity index (χ4v) is 6.05. The van der Waals surface area contributed by atoms with Crippen LogP contribution in [-0.4, -0.2) is 27.7 Å².